The highest BCUT2D eigenvalue weighted by Gasteiger charge is 2.20. The molecule has 1 unspecified atom stereocenters. The highest BCUT2D eigenvalue weighted by molar-refractivity contribution is 5.36. The molecule has 1 aromatic rings. The topological polar surface area (TPSA) is 28.2 Å². The number of aromatic nitrogens is 1. The Bertz CT molecular complexity index is 351. The molecule has 1 N–H and O–H groups in total. The number of hydrogen-bond acceptors (Lipinski definition) is 3. The van der Waals surface area contributed by atoms with Gasteiger partial charge in [-0.15, -0.1) is 0 Å². The number of piperidine rings is 1. The molecule has 1 aromatic heterocycles. The van der Waals surface area contributed by atoms with Crippen LogP contribution in [-0.2, 0) is 6.54 Å². The first-order valence-corrected chi connectivity index (χ1v) is 6.70. The lowest BCUT2D eigenvalue weighted by Crippen LogP contribution is -2.38. The van der Waals surface area contributed by atoms with Crippen LogP contribution in [0.3, 0.4) is 0 Å². The second kappa shape index (κ2) is 6.01. The van der Waals surface area contributed by atoms with Gasteiger partial charge in [0.15, 0.2) is 0 Å². The first kappa shape index (κ1) is 12.4. The predicted octanol–water partition coefficient (Wildman–Crippen LogP) is 2.89. The van der Waals surface area contributed by atoms with Crippen molar-refractivity contribution in [3.63, 3.8) is 0 Å². The normalized spacial score (nSPS) is 21.4. The molecule has 17 heavy (non-hydrogen) atoms. The molecule has 1 fully saturated rings. The first-order chi connectivity index (χ1) is 8.33. The minimum atomic E-state index is 0.773. The maximum absolute atomic E-state index is 4.26. The van der Waals surface area contributed by atoms with Crippen molar-refractivity contribution in [3.8, 4) is 0 Å². The fourth-order valence-electron chi connectivity index (χ4n) is 2.67. The summed E-state index contributed by atoms with van der Waals surface area (Å²) in [5, 5.41) is 3.10. The quantitative estimate of drug-likeness (QED) is 0.866. The summed E-state index contributed by atoms with van der Waals surface area (Å²) in [7, 11) is 1.92. The first-order valence-electron chi connectivity index (χ1n) is 6.70. The van der Waals surface area contributed by atoms with E-state index in [9.17, 15) is 0 Å². The van der Waals surface area contributed by atoms with E-state index in [4.69, 9.17) is 0 Å². The molecule has 0 spiro atoms. The fraction of sp³-hybridized carbons (Fsp3) is 0.643. The summed E-state index contributed by atoms with van der Waals surface area (Å²) >= 11 is 0. The van der Waals surface area contributed by atoms with E-state index in [1.807, 2.05) is 13.2 Å². The Morgan fingerprint density at radius 2 is 2.35 bits per heavy atom. The van der Waals surface area contributed by atoms with Crippen molar-refractivity contribution in [2.75, 3.05) is 18.9 Å². The van der Waals surface area contributed by atoms with E-state index in [-0.39, 0.29) is 0 Å². The predicted molar refractivity (Wildman–Crippen MR) is 72.1 cm³/mol. The average molecular weight is 233 g/mol. The lowest BCUT2D eigenvalue weighted by Gasteiger charge is -2.35. The molecular formula is C14H23N3. The molecule has 0 saturated carbocycles. The van der Waals surface area contributed by atoms with Crippen molar-refractivity contribution < 1.29 is 0 Å². The van der Waals surface area contributed by atoms with E-state index in [0.29, 0.717) is 0 Å². The second-order valence-corrected chi connectivity index (χ2v) is 4.83. The van der Waals surface area contributed by atoms with Gasteiger partial charge in [-0.1, -0.05) is 13.3 Å². The van der Waals surface area contributed by atoms with Crippen molar-refractivity contribution in [2.45, 2.75) is 45.2 Å². The largest absolute Gasteiger partial charge is 0.373 e. The van der Waals surface area contributed by atoms with Crippen molar-refractivity contribution in [1.29, 1.82) is 0 Å². The minimum absolute atomic E-state index is 0.773. The molecule has 3 heteroatoms. The van der Waals surface area contributed by atoms with Crippen LogP contribution in [0.25, 0.3) is 0 Å². The van der Waals surface area contributed by atoms with Gasteiger partial charge in [0.05, 0.1) is 0 Å². The van der Waals surface area contributed by atoms with Gasteiger partial charge < -0.3 is 5.32 Å². The van der Waals surface area contributed by atoms with Crippen LogP contribution in [-0.4, -0.2) is 29.5 Å². The monoisotopic (exact) mass is 233 g/mol. The SMILES string of the molecule is CCC1CCCCN1Cc1ccnc(NC)c1. The number of likely N-dealkylation sites (tertiary alicyclic amines) is 1. The van der Waals surface area contributed by atoms with Crippen molar-refractivity contribution in [1.82, 2.24) is 9.88 Å². The molecule has 1 aliphatic rings. The summed E-state index contributed by atoms with van der Waals surface area (Å²) < 4.78 is 0. The van der Waals surface area contributed by atoms with E-state index in [2.05, 4.69) is 34.3 Å². The van der Waals surface area contributed by atoms with E-state index in [1.54, 1.807) is 0 Å². The van der Waals surface area contributed by atoms with Gasteiger partial charge in [0.1, 0.15) is 5.82 Å². The number of nitrogens with one attached hydrogen (secondary N) is 1. The number of hydrogen-bond donors (Lipinski definition) is 1. The van der Waals surface area contributed by atoms with Gasteiger partial charge in [0.2, 0.25) is 0 Å². The van der Waals surface area contributed by atoms with Gasteiger partial charge in [0, 0.05) is 25.8 Å². The van der Waals surface area contributed by atoms with Gasteiger partial charge >= 0.3 is 0 Å². The van der Waals surface area contributed by atoms with Gasteiger partial charge in [0.25, 0.3) is 0 Å². The van der Waals surface area contributed by atoms with Gasteiger partial charge in [-0.2, -0.15) is 0 Å². The van der Waals surface area contributed by atoms with E-state index in [0.717, 1.165) is 18.4 Å². The Labute approximate surface area is 104 Å². The third kappa shape index (κ3) is 3.19. The Morgan fingerprint density at radius 1 is 1.47 bits per heavy atom. The zero-order chi connectivity index (χ0) is 12.1. The van der Waals surface area contributed by atoms with Crippen molar-refractivity contribution >= 4 is 5.82 Å². The van der Waals surface area contributed by atoms with Crippen LogP contribution in [0.2, 0.25) is 0 Å². The number of rotatable bonds is 4. The lowest BCUT2D eigenvalue weighted by molar-refractivity contribution is 0.136. The highest BCUT2D eigenvalue weighted by Crippen LogP contribution is 2.22. The lowest BCUT2D eigenvalue weighted by atomic mass is 9.99. The summed E-state index contributed by atoms with van der Waals surface area (Å²) in [4.78, 5) is 6.88. The van der Waals surface area contributed by atoms with Crippen LogP contribution in [0.5, 0.6) is 0 Å². The molecule has 1 saturated heterocycles. The van der Waals surface area contributed by atoms with Crippen LogP contribution in [0.1, 0.15) is 38.2 Å². The molecule has 3 nitrogen and oxygen atoms in total. The molecule has 1 aliphatic heterocycles. The molecule has 0 radical (unpaired) electrons. The maximum Gasteiger partial charge on any atom is 0.125 e. The Morgan fingerprint density at radius 3 is 3.12 bits per heavy atom. The van der Waals surface area contributed by atoms with Crippen LogP contribution >= 0.6 is 0 Å². The van der Waals surface area contributed by atoms with E-state index in [1.165, 1.54) is 37.8 Å². The molecule has 1 atom stereocenters. The molecular weight excluding hydrogens is 210 g/mol. The van der Waals surface area contributed by atoms with Crippen LogP contribution in [0.4, 0.5) is 5.82 Å². The smallest absolute Gasteiger partial charge is 0.125 e. The third-order valence-electron chi connectivity index (χ3n) is 3.69. The summed E-state index contributed by atoms with van der Waals surface area (Å²) in [6.45, 7) is 4.61. The zero-order valence-corrected chi connectivity index (χ0v) is 10.9. The molecule has 0 aromatic carbocycles. The standard InChI is InChI=1S/C14H23N3/c1-3-13-6-4-5-9-17(13)11-12-7-8-16-14(10-12)15-2/h7-8,10,13H,3-6,9,11H2,1-2H3,(H,15,16). The highest BCUT2D eigenvalue weighted by atomic mass is 15.2. The number of nitrogens with zero attached hydrogens (tertiary/aromatic N) is 2. The molecule has 0 aliphatic carbocycles. The molecule has 0 amide bonds. The zero-order valence-electron chi connectivity index (χ0n) is 10.9. The van der Waals surface area contributed by atoms with Crippen LogP contribution in [0.15, 0.2) is 18.3 Å². The Kier molecular flexibility index (Phi) is 4.37. The Balaban J connectivity index is 2.02. The summed E-state index contributed by atoms with van der Waals surface area (Å²) in [5.74, 6) is 0.965. The van der Waals surface area contributed by atoms with E-state index >= 15 is 0 Å². The second-order valence-electron chi connectivity index (χ2n) is 4.83. The Hall–Kier alpha value is -1.09. The summed E-state index contributed by atoms with van der Waals surface area (Å²) in [6, 6.07) is 5.05. The van der Waals surface area contributed by atoms with E-state index < -0.39 is 0 Å². The number of anilines is 1. The molecule has 2 rings (SSSR count). The molecule has 2 heterocycles. The average Bonchev–Trinajstić information content (AvgIpc) is 2.39. The number of pyridine rings is 1. The summed E-state index contributed by atoms with van der Waals surface area (Å²) in [5.41, 5.74) is 1.37. The van der Waals surface area contributed by atoms with Crippen LogP contribution in [0, 0.1) is 0 Å². The van der Waals surface area contributed by atoms with Crippen molar-refractivity contribution in [2.24, 2.45) is 0 Å². The minimum Gasteiger partial charge on any atom is -0.373 e. The third-order valence-corrected chi connectivity index (χ3v) is 3.69. The summed E-state index contributed by atoms with van der Waals surface area (Å²) in [6.07, 6.45) is 7.27. The fourth-order valence-corrected chi connectivity index (χ4v) is 2.67. The van der Waals surface area contributed by atoms with Gasteiger partial charge in [-0.25, -0.2) is 4.98 Å². The van der Waals surface area contributed by atoms with Crippen LogP contribution < -0.4 is 5.32 Å². The van der Waals surface area contributed by atoms with Gasteiger partial charge in [-0.05, 0) is 43.5 Å². The van der Waals surface area contributed by atoms with Crippen molar-refractivity contribution in [3.05, 3.63) is 23.9 Å². The molecule has 94 valence electrons. The maximum atomic E-state index is 4.26. The molecule has 0 bridgehead atoms. The van der Waals surface area contributed by atoms with Gasteiger partial charge in [-0.3, -0.25) is 4.90 Å².